The van der Waals surface area contributed by atoms with E-state index in [1.54, 1.807) is 7.05 Å². The first-order valence-electron chi connectivity index (χ1n) is 10.4. The maximum atomic E-state index is 5.71. The van der Waals surface area contributed by atoms with Gasteiger partial charge in [0.05, 0.1) is 30.8 Å². The van der Waals surface area contributed by atoms with Crippen LogP contribution in [0.25, 0.3) is 11.0 Å². The van der Waals surface area contributed by atoms with Crippen LogP contribution in [0.5, 0.6) is 11.5 Å². The van der Waals surface area contributed by atoms with Gasteiger partial charge in [-0.05, 0) is 50.1 Å². The highest BCUT2D eigenvalue weighted by Crippen LogP contribution is 2.28. The largest absolute Gasteiger partial charge is 0.490 e. The first-order valence-corrected chi connectivity index (χ1v) is 10.4. The fraction of sp³-hybridized carbons (Fsp3) is 0.391. The van der Waals surface area contributed by atoms with Gasteiger partial charge in [-0.25, -0.2) is 4.98 Å². The van der Waals surface area contributed by atoms with Crippen LogP contribution in [0.4, 0.5) is 0 Å². The van der Waals surface area contributed by atoms with E-state index in [2.05, 4.69) is 37.3 Å². The lowest BCUT2D eigenvalue weighted by atomic mass is 10.1. The van der Waals surface area contributed by atoms with Crippen LogP contribution in [-0.2, 0) is 20.0 Å². The Balaban J connectivity index is 0.00000341. The number of nitrogens with zero attached hydrogens (tertiary/aromatic N) is 3. The van der Waals surface area contributed by atoms with E-state index in [1.165, 1.54) is 5.56 Å². The zero-order valence-corrected chi connectivity index (χ0v) is 21.0. The number of guanidine groups is 1. The normalized spacial score (nSPS) is 11.2. The monoisotopic (exact) mass is 537 g/mol. The van der Waals surface area contributed by atoms with E-state index in [4.69, 9.17) is 9.47 Å². The molecular formula is C23H32IN5O2. The van der Waals surface area contributed by atoms with Crippen LogP contribution in [-0.4, -0.2) is 42.3 Å². The average molecular weight is 537 g/mol. The van der Waals surface area contributed by atoms with Crippen molar-refractivity contribution >= 4 is 41.0 Å². The lowest BCUT2D eigenvalue weighted by Crippen LogP contribution is -2.38. The number of hydrogen-bond donors (Lipinski definition) is 2. The minimum Gasteiger partial charge on any atom is -0.490 e. The standard InChI is InChI=1S/C23H31N5O2.HI/c1-5-29-20-12-11-17(15-21(20)30-6-2)13-14-25-23(24-3)26-16-22-27-18-9-7-8-10-19(18)28(22)4;/h7-12,15H,5-6,13-14,16H2,1-4H3,(H2,24,25,26);1H. The van der Waals surface area contributed by atoms with Crippen molar-refractivity contribution in [1.82, 2.24) is 20.2 Å². The second-order valence-electron chi connectivity index (χ2n) is 6.83. The highest BCUT2D eigenvalue weighted by molar-refractivity contribution is 14.0. The van der Waals surface area contributed by atoms with Crippen LogP contribution in [0.2, 0.25) is 0 Å². The van der Waals surface area contributed by atoms with Crippen LogP contribution < -0.4 is 20.1 Å². The van der Waals surface area contributed by atoms with Gasteiger partial charge in [0.25, 0.3) is 0 Å². The van der Waals surface area contributed by atoms with Crippen LogP contribution in [0.3, 0.4) is 0 Å². The van der Waals surface area contributed by atoms with E-state index >= 15 is 0 Å². The van der Waals surface area contributed by atoms with Gasteiger partial charge in [0, 0.05) is 20.6 Å². The Morgan fingerprint density at radius 2 is 1.77 bits per heavy atom. The molecule has 0 radical (unpaired) electrons. The molecule has 0 unspecified atom stereocenters. The molecule has 0 fully saturated rings. The predicted molar refractivity (Wildman–Crippen MR) is 137 cm³/mol. The molecule has 0 aliphatic heterocycles. The first-order chi connectivity index (χ1) is 14.7. The van der Waals surface area contributed by atoms with Gasteiger partial charge in [-0.15, -0.1) is 24.0 Å². The number of benzene rings is 2. The van der Waals surface area contributed by atoms with E-state index < -0.39 is 0 Å². The van der Waals surface area contributed by atoms with Crippen LogP contribution >= 0.6 is 24.0 Å². The molecule has 2 aromatic carbocycles. The Hall–Kier alpha value is -2.49. The quantitative estimate of drug-likeness (QED) is 0.246. The number of aryl methyl sites for hydroxylation is 1. The van der Waals surface area contributed by atoms with Crippen molar-refractivity contribution in [2.75, 3.05) is 26.8 Å². The van der Waals surface area contributed by atoms with Gasteiger partial charge in [0.1, 0.15) is 5.82 Å². The summed E-state index contributed by atoms with van der Waals surface area (Å²) in [5.74, 6) is 3.29. The molecular weight excluding hydrogens is 505 g/mol. The Morgan fingerprint density at radius 1 is 1.03 bits per heavy atom. The molecule has 7 nitrogen and oxygen atoms in total. The SMILES string of the molecule is CCOc1ccc(CCNC(=NC)NCc2nc3ccccc3n2C)cc1OCC.I. The molecule has 0 bridgehead atoms. The van der Waals surface area contributed by atoms with E-state index in [0.717, 1.165) is 47.3 Å². The smallest absolute Gasteiger partial charge is 0.191 e. The Labute approximate surface area is 201 Å². The lowest BCUT2D eigenvalue weighted by Gasteiger charge is -2.14. The summed E-state index contributed by atoms with van der Waals surface area (Å²) in [5, 5.41) is 6.70. The Morgan fingerprint density at radius 3 is 2.48 bits per heavy atom. The number of aromatic nitrogens is 2. The summed E-state index contributed by atoms with van der Waals surface area (Å²) in [6.07, 6.45) is 0.847. The average Bonchev–Trinajstić information content (AvgIpc) is 3.08. The van der Waals surface area contributed by atoms with Crippen molar-refractivity contribution in [3.8, 4) is 11.5 Å². The first kappa shape index (κ1) is 24.8. The molecule has 2 N–H and O–H groups in total. The van der Waals surface area contributed by atoms with Gasteiger partial charge in [-0.3, -0.25) is 4.99 Å². The molecule has 3 rings (SSSR count). The minimum atomic E-state index is 0. The Kier molecular flexibility index (Phi) is 9.90. The third-order valence-electron chi connectivity index (χ3n) is 4.83. The van der Waals surface area contributed by atoms with Crippen molar-refractivity contribution in [3.05, 3.63) is 53.9 Å². The third-order valence-corrected chi connectivity index (χ3v) is 4.83. The molecule has 0 amide bonds. The molecule has 0 aliphatic rings. The summed E-state index contributed by atoms with van der Waals surface area (Å²) in [7, 11) is 3.80. The molecule has 8 heteroatoms. The van der Waals surface area contributed by atoms with E-state index in [9.17, 15) is 0 Å². The molecule has 31 heavy (non-hydrogen) atoms. The zero-order chi connectivity index (χ0) is 21.3. The number of rotatable bonds is 9. The molecule has 0 saturated heterocycles. The second kappa shape index (κ2) is 12.4. The maximum Gasteiger partial charge on any atom is 0.191 e. The number of nitrogens with one attached hydrogen (secondary N) is 2. The number of para-hydroxylation sites is 2. The lowest BCUT2D eigenvalue weighted by molar-refractivity contribution is 0.287. The van der Waals surface area contributed by atoms with Gasteiger partial charge in [0.15, 0.2) is 17.5 Å². The summed E-state index contributed by atoms with van der Waals surface area (Å²) in [6, 6.07) is 14.2. The van der Waals surface area contributed by atoms with E-state index in [-0.39, 0.29) is 24.0 Å². The molecule has 1 aromatic heterocycles. The molecule has 168 valence electrons. The number of aliphatic imine (C=N–C) groups is 1. The number of imidazole rings is 1. The minimum absolute atomic E-state index is 0. The van der Waals surface area contributed by atoms with E-state index in [1.807, 2.05) is 51.2 Å². The molecule has 1 heterocycles. The summed E-state index contributed by atoms with van der Waals surface area (Å²) in [6.45, 7) is 6.53. The molecule has 0 spiro atoms. The van der Waals surface area contributed by atoms with Crippen molar-refractivity contribution < 1.29 is 9.47 Å². The van der Waals surface area contributed by atoms with Crippen LogP contribution in [0.1, 0.15) is 25.2 Å². The molecule has 3 aromatic rings. The summed E-state index contributed by atoms with van der Waals surface area (Å²) in [5.41, 5.74) is 3.30. The second-order valence-corrected chi connectivity index (χ2v) is 6.83. The predicted octanol–water partition coefficient (Wildman–Crippen LogP) is 3.90. The summed E-state index contributed by atoms with van der Waals surface area (Å²) >= 11 is 0. The molecule has 0 aliphatic carbocycles. The molecule has 0 atom stereocenters. The highest BCUT2D eigenvalue weighted by atomic mass is 127. The van der Waals surface area contributed by atoms with Gasteiger partial charge in [0.2, 0.25) is 0 Å². The van der Waals surface area contributed by atoms with E-state index in [0.29, 0.717) is 19.8 Å². The van der Waals surface area contributed by atoms with Crippen LogP contribution in [0, 0.1) is 0 Å². The number of halogens is 1. The maximum absolute atomic E-state index is 5.71. The van der Waals surface area contributed by atoms with Crippen molar-refractivity contribution in [2.24, 2.45) is 12.0 Å². The fourth-order valence-corrected chi connectivity index (χ4v) is 3.31. The Bertz CT molecular complexity index is 1000. The van der Waals surface area contributed by atoms with Crippen molar-refractivity contribution in [1.29, 1.82) is 0 Å². The fourth-order valence-electron chi connectivity index (χ4n) is 3.31. The van der Waals surface area contributed by atoms with Gasteiger partial charge >= 0.3 is 0 Å². The van der Waals surface area contributed by atoms with Crippen molar-refractivity contribution in [3.63, 3.8) is 0 Å². The molecule has 0 saturated carbocycles. The van der Waals surface area contributed by atoms with Gasteiger partial charge < -0.3 is 24.7 Å². The van der Waals surface area contributed by atoms with Crippen molar-refractivity contribution in [2.45, 2.75) is 26.8 Å². The number of ether oxygens (including phenoxy) is 2. The topological polar surface area (TPSA) is 72.7 Å². The van der Waals surface area contributed by atoms with Gasteiger partial charge in [-0.2, -0.15) is 0 Å². The van der Waals surface area contributed by atoms with Gasteiger partial charge in [-0.1, -0.05) is 18.2 Å². The summed E-state index contributed by atoms with van der Waals surface area (Å²) < 4.78 is 13.4. The zero-order valence-electron chi connectivity index (χ0n) is 18.6. The summed E-state index contributed by atoms with van der Waals surface area (Å²) in [4.78, 5) is 9.00. The van der Waals surface area contributed by atoms with Crippen LogP contribution in [0.15, 0.2) is 47.5 Å². The number of hydrogen-bond acceptors (Lipinski definition) is 4. The third kappa shape index (κ3) is 6.49. The number of fused-ring (bicyclic) bond motifs is 1. The highest BCUT2D eigenvalue weighted by Gasteiger charge is 2.09.